The maximum atomic E-state index is 13.7. The Hall–Kier alpha value is -3.71. The van der Waals surface area contributed by atoms with E-state index in [-0.39, 0.29) is 36.5 Å². The fourth-order valence-corrected chi connectivity index (χ4v) is 4.08. The number of benzene rings is 3. The van der Waals surface area contributed by atoms with Crippen LogP contribution in [-0.2, 0) is 29.0 Å². The lowest BCUT2D eigenvalue weighted by molar-refractivity contribution is -0.385. The van der Waals surface area contributed by atoms with Crippen molar-refractivity contribution >= 4 is 29.1 Å². The molecule has 1 atom stereocenters. The molecule has 0 fully saturated rings. The number of halogens is 1. The van der Waals surface area contributed by atoms with E-state index in [1.165, 1.54) is 11.0 Å². The van der Waals surface area contributed by atoms with Gasteiger partial charge in [-0.25, -0.2) is 0 Å². The number of carbonyl (C=O) groups excluding carboxylic acids is 2. The Labute approximate surface area is 209 Å². The molecule has 0 aromatic heterocycles. The summed E-state index contributed by atoms with van der Waals surface area (Å²) in [4.78, 5) is 39.5. The molecular weight excluding hydrogens is 466 g/mol. The van der Waals surface area contributed by atoms with Gasteiger partial charge in [-0.15, -0.1) is 0 Å². The van der Waals surface area contributed by atoms with Crippen molar-refractivity contribution in [2.45, 2.75) is 45.3 Å². The molecule has 3 aromatic carbocycles. The van der Waals surface area contributed by atoms with Crippen LogP contribution >= 0.6 is 11.6 Å². The third-order valence-electron chi connectivity index (χ3n) is 5.47. The predicted octanol–water partition coefficient (Wildman–Crippen LogP) is 4.96. The number of carbonyl (C=O) groups is 2. The van der Waals surface area contributed by atoms with Crippen LogP contribution in [0, 0.1) is 10.1 Å². The summed E-state index contributed by atoms with van der Waals surface area (Å²) >= 11 is 6.18. The van der Waals surface area contributed by atoms with Crippen LogP contribution in [0.1, 0.15) is 30.5 Å². The van der Waals surface area contributed by atoms with Crippen LogP contribution in [0.5, 0.6) is 0 Å². The van der Waals surface area contributed by atoms with Crippen LogP contribution in [0.25, 0.3) is 0 Å². The normalized spacial score (nSPS) is 11.7. The van der Waals surface area contributed by atoms with Gasteiger partial charge < -0.3 is 10.2 Å². The zero-order valence-electron chi connectivity index (χ0n) is 19.7. The molecule has 0 saturated carbocycles. The van der Waals surface area contributed by atoms with Crippen molar-refractivity contribution in [2.75, 3.05) is 0 Å². The Morgan fingerprint density at radius 3 is 2.29 bits per heavy atom. The van der Waals surface area contributed by atoms with Crippen LogP contribution in [0.4, 0.5) is 5.69 Å². The van der Waals surface area contributed by atoms with E-state index in [0.717, 1.165) is 11.1 Å². The Bertz CT molecular complexity index is 1180. The minimum Gasteiger partial charge on any atom is -0.352 e. The van der Waals surface area contributed by atoms with Crippen molar-refractivity contribution < 1.29 is 14.5 Å². The van der Waals surface area contributed by atoms with Gasteiger partial charge in [-0.05, 0) is 37.1 Å². The van der Waals surface area contributed by atoms with Crippen LogP contribution in [0.3, 0.4) is 0 Å². The van der Waals surface area contributed by atoms with Crippen LogP contribution in [-0.4, -0.2) is 33.7 Å². The minimum atomic E-state index is -0.825. The molecule has 1 N–H and O–H groups in total. The first-order valence-electron chi connectivity index (χ1n) is 11.3. The van der Waals surface area contributed by atoms with E-state index in [4.69, 9.17) is 11.6 Å². The first-order valence-corrected chi connectivity index (χ1v) is 11.7. The van der Waals surface area contributed by atoms with Gasteiger partial charge in [0.05, 0.1) is 11.3 Å². The first kappa shape index (κ1) is 25.9. The monoisotopic (exact) mass is 493 g/mol. The average molecular weight is 494 g/mol. The number of nitrogens with one attached hydrogen (secondary N) is 1. The molecule has 0 aliphatic rings. The van der Waals surface area contributed by atoms with Gasteiger partial charge in [0.2, 0.25) is 11.8 Å². The Balaban J connectivity index is 2.01. The molecule has 182 valence electrons. The molecule has 35 heavy (non-hydrogen) atoms. The molecule has 0 radical (unpaired) electrons. The van der Waals surface area contributed by atoms with Crippen molar-refractivity contribution in [2.24, 2.45) is 0 Å². The summed E-state index contributed by atoms with van der Waals surface area (Å²) in [7, 11) is 0. The SMILES string of the molecule is CC(C)NC(=O)C(Cc1ccccc1)N(Cc1cccc(Cl)c1)C(=O)Cc1ccccc1[N+](=O)[O-]. The quantitative estimate of drug-likeness (QED) is 0.319. The molecule has 8 heteroatoms. The molecule has 0 aliphatic heterocycles. The summed E-state index contributed by atoms with van der Waals surface area (Å²) in [5, 5.41) is 14.9. The summed E-state index contributed by atoms with van der Waals surface area (Å²) < 4.78 is 0. The largest absolute Gasteiger partial charge is 0.352 e. The highest BCUT2D eigenvalue weighted by molar-refractivity contribution is 6.30. The fraction of sp³-hybridized carbons (Fsp3) is 0.259. The molecule has 0 heterocycles. The molecule has 0 saturated heterocycles. The maximum absolute atomic E-state index is 13.7. The number of rotatable bonds is 10. The highest BCUT2D eigenvalue weighted by Gasteiger charge is 2.31. The molecule has 7 nitrogen and oxygen atoms in total. The van der Waals surface area contributed by atoms with E-state index >= 15 is 0 Å². The highest BCUT2D eigenvalue weighted by Crippen LogP contribution is 2.22. The Morgan fingerprint density at radius 1 is 0.971 bits per heavy atom. The lowest BCUT2D eigenvalue weighted by Gasteiger charge is -2.32. The van der Waals surface area contributed by atoms with E-state index in [2.05, 4.69) is 5.32 Å². The van der Waals surface area contributed by atoms with Crippen LogP contribution in [0.15, 0.2) is 78.9 Å². The molecule has 0 spiro atoms. The van der Waals surface area contributed by atoms with E-state index in [9.17, 15) is 19.7 Å². The third-order valence-corrected chi connectivity index (χ3v) is 5.71. The topological polar surface area (TPSA) is 92.6 Å². The summed E-state index contributed by atoms with van der Waals surface area (Å²) in [5.41, 5.74) is 1.81. The zero-order valence-corrected chi connectivity index (χ0v) is 20.4. The van der Waals surface area contributed by atoms with Crippen LogP contribution < -0.4 is 5.32 Å². The molecule has 3 rings (SSSR count). The second-order valence-corrected chi connectivity index (χ2v) is 9.02. The van der Waals surface area contributed by atoms with Gasteiger partial charge in [0, 0.05) is 35.7 Å². The number of para-hydroxylation sites is 1. The Kier molecular flexibility index (Phi) is 8.98. The van der Waals surface area contributed by atoms with Crippen LogP contribution in [0.2, 0.25) is 5.02 Å². The number of nitro groups is 1. The predicted molar refractivity (Wildman–Crippen MR) is 136 cm³/mol. The van der Waals surface area contributed by atoms with Crippen molar-refractivity contribution in [3.05, 3.63) is 111 Å². The van der Waals surface area contributed by atoms with Gasteiger partial charge in [-0.3, -0.25) is 19.7 Å². The van der Waals surface area contributed by atoms with Gasteiger partial charge in [0.1, 0.15) is 6.04 Å². The summed E-state index contributed by atoms with van der Waals surface area (Å²) in [6, 6.07) is 21.7. The van der Waals surface area contributed by atoms with E-state index in [0.29, 0.717) is 17.0 Å². The second-order valence-electron chi connectivity index (χ2n) is 8.58. The molecule has 2 amide bonds. The highest BCUT2D eigenvalue weighted by atomic mass is 35.5. The van der Waals surface area contributed by atoms with E-state index in [1.807, 2.05) is 50.2 Å². The van der Waals surface area contributed by atoms with Gasteiger partial charge in [0.25, 0.3) is 5.69 Å². The number of amides is 2. The number of hydrogen-bond donors (Lipinski definition) is 1. The number of nitro benzene ring substituents is 1. The van der Waals surface area contributed by atoms with Crippen molar-refractivity contribution in [3.8, 4) is 0 Å². The molecule has 1 unspecified atom stereocenters. The summed E-state index contributed by atoms with van der Waals surface area (Å²) in [6.45, 7) is 3.84. The zero-order chi connectivity index (χ0) is 25.4. The van der Waals surface area contributed by atoms with Crippen molar-refractivity contribution in [3.63, 3.8) is 0 Å². The fourth-order valence-electron chi connectivity index (χ4n) is 3.87. The van der Waals surface area contributed by atoms with Gasteiger partial charge >= 0.3 is 0 Å². The van der Waals surface area contributed by atoms with Gasteiger partial charge in [0.15, 0.2) is 0 Å². The lowest BCUT2D eigenvalue weighted by atomic mass is 10.0. The first-order chi connectivity index (χ1) is 16.7. The van der Waals surface area contributed by atoms with E-state index in [1.54, 1.807) is 36.4 Å². The smallest absolute Gasteiger partial charge is 0.273 e. The van der Waals surface area contributed by atoms with E-state index < -0.39 is 11.0 Å². The van der Waals surface area contributed by atoms with Crippen molar-refractivity contribution in [1.29, 1.82) is 0 Å². The minimum absolute atomic E-state index is 0.126. The summed E-state index contributed by atoms with van der Waals surface area (Å²) in [5.74, 6) is -0.680. The number of hydrogen-bond acceptors (Lipinski definition) is 4. The second kappa shape index (κ2) is 12.1. The maximum Gasteiger partial charge on any atom is 0.273 e. The summed E-state index contributed by atoms with van der Waals surface area (Å²) in [6.07, 6.45) is 0.0839. The van der Waals surface area contributed by atoms with Gasteiger partial charge in [-0.1, -0.05) is 72.3 Å². The molecule has 0 aliphatic carbocycles. The average Bonchev–Trinajstić information content (AvgIpc) is 2.81. The lowest BCUT2D eigenvalue weighted by Crippen LogP contribution is -2.52. The standard InChI is InChI=1S/C27H28ClN3O4/c1-19(2)29-27(33)25(16-20-9-4-3-5-10-20)30(18-21-11-8-13-23(28)15-21)26(32)17-22-12-6-7-14-24(22)31(34)35/h3-15,19,25H,16-18H2,1-2H3,(H,29,33). The van der Waals surface area contributed by atoms with Gasteiger partial charge in [-0.2, -0.15) is 0 Å². The number of nitrogens with zero attached hydrogens (tertiary/aromatic N) is 2. The Morgan fingerprint density at radius 2 is 1.63 bits per heavy atom. The third kappa shape index (κ3) is 7.39. The molecular formula is C27H28ClN3O4. The molecule has 3 aromatic rings. The molecule has 0 bridgehead atoms. The van der Waals surface area contributed by atoms with Crippen molar-refractivity contribution in [1.82, 2.24) is 10.2 Å².